The van der Waals surface area contributed by atoms with Gasteiger partial charge in [0.1, 0.15) is 18.4 Å². The quantitative estimate of drug-likeness (QED) is 0.482. The maximum Gasteiger partial charge on any atom is 0.312 e. The van der Waals surface area contributed by atoms with Crippen LogP contribution in [-0.2, 0) is 9.53 Å². The van der Waals surface area contributed by atoms with E-state index in [9.17, 15) is 13.6 Å². The third kappa shape index (κ3) is 5.42. The van der Waals surface area contributed by atoms with Gasteiger partial charge in [0, 0.05) is 6.42 Å². The second-order valence-electron chi connectivity index (χ2n) is 7.68. The fraction of sp³-hybridized carbons (Fsp3) is 0.947. The van der Waals surface area contributed by atoms with Crippen LogP contribution in [0.1, 0.15) is 78.1 Å². The summed E-state index contributed by atoms with van der Waals surface area (Å²) < 4.78 is 33.8. The first kappa shape index (κ1) is 18.7. The summed E-state index contributed by atoms with van der Waals surface area (Å²) in [6.45, 7) is 4.16. The molecule has 0 aromatic rings. The van der Waals surface area contributed by atoms with Gasteiger partial charge in [-0.15, -0.1) is 0 Å². The van der Waals surface area contributed by atoms with Crippen molar-refractivity contribution in [3.63, 3.8) is 0 Å². The first-order valence-electron chi connectivity index (χ1n) is 9.49. The number of carbonyl (C=O) groups is 1. The average Bonchev–Trinajstić information content (AvgIpc) is 2.49. The van der Waals surface area contributed by atoms with Gasteiger partial charge < -0.3 is 4.74 Å². The summed E-state index contributed by atoms with van der Waals surface area (Å²) in [5.41, 5.74) is 0. The maximum atomic E-state index is 14.3. The molecule has 2 rings (SSSR count). The summed E-state index contributed by atoms with van der Waals surface area (Å²) in [6, 6.07) is 0. The molecule has 0 radical (unpaired) electrons. The fourth-order valence-electron chi connectivity index (χ4n) is 4.06. The van der Waals surface area contributed by atoms with E-state index in [2.05, 4.69) is 6.92 Å². The van der Waals surface area contributed by atoms with Crippen LogP contribution in [0.3, 0.4) is 0 Å². The van der Waals surface area contributed by atoms with Gasteiger partial charge in [-0.3, -0.25) is 4.79 Å². The number of rotatable bonds is 6. The largest absolute Gasteiger partial charge is 0.462 e. The van der Waals surface area contributed by atoms with Crippen LogP contribution in [0.5, 0.6) is 0 Å². The van der Waals surface area contributed by atoms with Gasteiger partial charge in [-0.2, -0.15) is 0 Å². The lowest BCUT2D eigenvalue weighted by Crippen LogP contribution is -2.37. The van der Waals surface area contributed by atoms with Gasteiger partial charge in [0.2, 0.25) is 0 Å². The van der Waals surface area contributed by atoms with Gasteiger partial charge in [0.05, 0.1) is 5.92 Å². The van der Waals surface area contributed by atoms with Crippen molar-refractivity contribution in [3.8, 4) is 0 Å². The van der Waals surface area contributed by atoms with Gasteiger partial charge in [0.15, 0.2) is 0 Å². The highest BCUT2D eigenvalue weighted by atomic mass is 19.1. The van der Waals surface area contributed by atoms with E-state index in [1.54, 1.807) is 0 Å². The monoisotopic (exact) mass is 330 g/mol. The lowest BCUT2D eigenvalue weighted by Gasteiger charge is -2.34. The van der Waals surface area contributed by atoms with Crippen LogP contribution in [-0.4, -0.2) is 24.4 Å². The van der Waals surface area contributed by atoms with E-state index in [4.69, 9.17) is 4.74 Å². The summed E-state index contributed by atoms with van der Waals surface area (Å²) in [5.74, 6) is -0.624. The third-order valence-electron chi connectivity index (χ3n) is 5.66. The van der Waals surface area contributed by atoms with E-state index >= 15 is 0 Å². The molecule has 2 nitrogen and oxygen atoms in total. The maximum absolute atomic E-state index is 14.3. The van der Waals surface area contributed by atoms with Gasteiger partial charge in [0.25, 0.3) is 0 Å². The SMILES string of the molecule is CCCCCC1CCC(OC(=O)C2CCC(C)CC2F)CC1F. The molecule has 134 valence electrons. The van der Waals surface area contributed by atoms with Crippen molar-refractivity contribution < 1.29 is 18.3 Å². The van der Waals surface area contributed by atoms with Crippen molar-refractivity contribution in [2.75, 3.05) is 0 Å². The molecule has 0 aromatic carbocycles. The predicted molar refractivity (Wildman–Crippen MR) is 87.7 cm³/mol. The second-order valence-corrected chi connectivity index (χ2v) is 7.68. The molecule has 6 atom stereocenters. The van der Waals surface area contributed by atoms with Crippen molar-refractivity contribution >= 4 is 5.97 Å². The number of hydrogen-bond acceptors (Lipinski definition) is 2. The minimum atomic E-state index is -1.10. The number of esters is 1. The van der Waals surface area contributed by atoms with Gasteiger partial charge in [-0.25, -0.2) is 8.78 Å². The van der Waals surface area contributed by atoms with Crippen LogP contribution in [0.2, 0.25) is 0 Å². The summed E-state index contributed by atoms with van der Waals surface area (Å²) in [6.07, 6.45) is 5.65. The molecule has 0 amide bonds. The number of ether oxygens (including phenoxy) is 1. The smallest absolute Gasteiger partial charge is 0.312 e. The molecule has 0 spiro atoms. The summed E-state index contributed by atoms with van der Waals surface area (Å²) >= 11 is 0. The first-order chi connectivity index (χ1) is 11.0. The van der Waals surface area contributed by atoms with Crippen LogP contribution in [0.25, 0.3) is 0 Å². The third-order valence-corrected chi connectivity index (χ3v) is 5.66. The van der Waals surface area contributed by atoms with Crippen LogP contribution >= 0.6 is 0 Å². The average molecular weight is 330 g/mol. The van der Waals surface area contributed by atoms with Crippen LogP contribution < -0.4 is 0 Å². The minimum absolute atomic E-state index is 0.112. The lowest BCUT2D eigenvalue weighted by atomic mass is 9.81. The Labute approximate surface area is 139 Å². The molecule has 0 bridgehead atoms. The molecule has 2 aliphatic carbocycles. The highest BCUT2D eigenvalue weighted by Crippen LogP contribution is 2.35. The van der Waals surface area contributed by atoms with Crippen LogP contribution in [0.4, 0.5) is 8.78 Å². The van der Waals surface area contributed by atoms with Gasteiger partial charge in [-0.1, -0.05) is 33.1 Å². The van der Waals surface area contributed by atoms with E-state index in [0.717, 1.165) is 44.9 Å². The summed E-state index contributed by atoms with van der Waals surface area (Å²) in [7, 11) is 0. The van der Waals surface area contributed by atoms with E-state index < -0.39 is 24.2 Å². The zero-order chi connectivity index (χ0) is 16.8. The van der Waals surface area contributed by atoms with E-state index in [0.29, 0.717) is 25.2 Å². The Morgan fingerprint density at radius 3 is 2.48 bits per heavy atom. The molecule has 2 aliphatic rings. The minimum Gasteiger partial charge on any atom is -0.462 e. The molecule has 4 heteroatoms. The Bertz CT molecular complexity index is 374. The normalized spacial score (nSPS) is 38.3. The molecule has 0 heterocycles. The fourth-order valence-corrected chi connectivity index (χ4v) is 4.06. The molecular formula is C19H32F2O2. The standard InChI is InChI=1S/C19H32F2O2/c1-3-4-5-6-14-8-9-15(12-17(14)20)23-19(22)16-10-7-13(2)11-18(16)21/h13-18H,3-12H2,1-2H3. The van der Waals surface area contributed by atoms with Gasteiger partial charge >= 0.3 is 5.97 Å². The molecule has 0 N–H and O–H groups in total. The first-order valence-corrected chi connectivity index (χ1v) is 9.49. The van der Waals surface area contributed by atoms with E-state index in [-0.39, 0.29) is 12.0 Å². The number of hydrogen-bond donors (Lipinski definition) is 0. The highest BCUT2D eigenvalue weighted by molar-refractivity contribution is 5.73. The van der Waals surface area contributed by atoms with E-state index in [1.165, 1.54) is 0 Å². The Kier molecular flexibility index (Phi) is 7.29. The van der Waals surface area contributed by atoms with E-state index in [1.807, 2.05) is 6.92 Å². The Balaban J connectivity index is 1.75. The Hall–Kier alpha value is -0.670. The number of unbranched alkanes of at least 4 members (excludes halogenated alkanes) is 2. The van der Waals surface area contributed by atoms with Crippen molar-refractivity contribution in [2.24, 2.45) is 17.8 Å². The molecule has 2 saturated carbocycles. The Morgan fingerprint density at radius 1 is 1.04 bits per heavy atom. The van der Waals surface area contributed by atoms with Crippen LogP contribution in [0.15, 0.2) is 0 Å². The van der Waals surface area contributed by atoms with Crippen molar-refractivity contribution in [1.82, 2.24) is 0 Å². The zero-order valence-corrected chi connectivity index (χ0v) is 14.6. The van der Waals surface area contributed by atoms with Crippen molar-refractivity contribution in [2.45, 2.75) is 96.5 Å². The van der Waals surface area contributed by atoms with Crippen molar-refractivity contribution in [3.05, 3.63) is 0 Å². The Morgan fingerprint density at radius 2 is 1.83 bits per heavy atom. The van der Waals surface area contributed by atoms with Gasteiger partial charge in [-0.05, 0) is 50.4 Å². The lowest BCUT2D eigenvalue weighted by molar-refractivity contribution is -0.161. The topological polar surface area (TPSA) is 26.3 Å². The van der Waals surface area contributed by atoms with Crippen LogP contribution in [0, 0.1) is 17.8 Å². The molecule has 0 aromatic heterocycles. The molecule has 2 fully saturated rings. The van der Waals surface area contributed by atoms with Crippen molar-refractivity contribution in [1.29, 1.82) is 0 Å². The highest BCUT2D eigenvalue weighted by Gasteiger charge is 2.38. The zero-order valence-electron chi connectivity index (χ0n) is 14.6. The number of alkyl halides is 2. The number of carbonyl (C=O) groups excluding carboxylic acids is 1. The number of halogens is 2. The molecule has 0 saturated heterocycles. The predicted octanol–water partition coefficient (Wildman–Crippen LogP) is 5.39. The molecule has 23 heavy (non-hydrogen) atoms. The molecular weight excluding hydrogens is 298 g/mol. The summed E-state index contributed by atoms with van der Waals surface area (Å²) in [4.78, 5) is 12.2. The summed E-state index contributed by atoms with van der Waals surface area (Å²) in [5, 5.41) is 0. The molecule has 0 aliphatic heterocycles. The molecule has 6 unspecified atom stereocenters. The second kappa shape index (κ2) is 8.98.